The van der Waals surface area contributed by atoms with Crippen molar-refractivity contribution in [1.82, 2.24) is 0 Å². The Bertz CT molecular complexity index is 1050. The van der Waals surface area contributed by atoms with E-state index in [-0.39, 0.29) is 50.3 Å². The number of nitro benzene ring substituents is 1. The average molecular weight is 552 g/mol. The molecule has 0 radical (unpaired) electrons. The molecule has 1 aliphatic heterocycles. The highest BCUT2D eigenvalue weighted by Crippen LogP contribution is 2.44. The zero-order chi connectivity index (χ0) is 22.3. The first-order chi connectivity index (χ1) is 14.8. The number of alkyl halides is 2. The number of hydrogen-bond acceptors (Lipinski definition) is 6. The summed E-state index contributed by atoms with van der Waals surface area (Å²) in [4.78, 5) is 49.8. The number of carbonyl (C=O) groups is 3. The van der Waals surface area contributed by atoms with Gasteiger partial charge in [0.05, 0.1) is 28.0 Å². The fourth-order valence-electron chi connectivity index (χ4n) is 3.93. The third kappa shape index (κ3) is 4.14. The van der Waals surface area contributed by atoms with Crippen LogP contribution in [0.4, 0.5) is 11.4 Å². The summed E-state index contributed by atoms with van der Waals surface area (Å²) in [6, 6.07) is 11.3. The van der Waals surface area contributed by atoms with E-state index >= 15 is 0 Å². The molecule has 4 atom stereocenters. The van der Waals surface area contributed by atoms with Crippen LogP contribution in [-0.4, -0.2) is 32.4 Å². The van der Waals surface area contributed by atoms with Crippen LogP contribution in [0, 0.1) is 22.0 Å². The normalized spacial score (nSPS) is 25.3. The summed E-state index contributed by atoms with van der Waals surface area (Å²) in [5.74, 6) is -1.70. The number of halogens is 2. The van der Waals surface area contributed by atoms with E-state index in [4.69, 9.17) is 4.74 Å². The maximum absolute atomic E-state index is 12.9. The number of nitro groups is 1. The SMILES string of the molecule is O=C(Oc1ccc(N2C(=O)[C@H]3C[C@@H](Br)[C@H](Br)C[C@@H]3C2=O)cc1)c1cccc([N+](=O)[O-])c1. The lowest BCUT2D eigenvalue weighted by molar-refractivity contribution is -0.384. The van der Waals surface area contributed by atoms with Gasteiger partial charge in [-0.2, -0.15) is 0 Å². The van der Waals surface area contributed by atoms with Crippen molar-refractivity contribution in [2.24, 2.45) is 11.8 Å². The molecule has 1 heterocycles. The van der Waals surface area contributed by atoms with Crippen LogP contribution in [0.3, 0.4) is 0 Å². The van der Waals surface area contributed by atoms with E-state index in [9.17, 15) is 24.5 Å². The number of amides is 2. The summed E-state index contributed by atoms with van der Waals surface area (Å²) in [6.07, 6.45) is 1.17. The summed E-state index contributed by atoms with van der Waals surface area (Å²) in [5, 5.41) is 10.9. The molecule has 2 aromatic rings. The van der Waals surface area contributed by atoms with Gasteiger partial charge >= 0.3 is 5.97 Å². The van der Waals surface area contributed by atoms with Crippen LogP contribution < -0.4 is 9.64 Å². The average Bonchev–Trinajstić information content (AvgIpc) is 2.99. The van der Waals surface area contributed by atoms with Crippen molar-refractivity contribution in [2.45, 2.75) is 22.5 Å². The second kappa shape index (κ2) is 8.51. The number of non-ortho nitro benzene ring substituents is 1. The summed E-state index contributed by atoms with van der Waals surface area (Å²) < 4.78 is 5.27. The van der Waals surface area contributed by atoms with Crippen LogP contribution in [0.2, 0.25) is 0 Å². The van der Waals surface area contributed by atoms with Crippen molar-refractivity contribution in [1.29, 1.82) is 0 Å². The number of imide groups is 1. The van der Waals surface area contributed by atoms with Gasteiger partial charge < -0.3 is 4.74 Å². The minimum atomic E-state index is -0.748. The minimum absolute atomic E-state index is 0.0425. The number of hydrogen-bond donors (Lipinski definition) is 0. The third-order valence-corrected chi connectivity index (χ3v) is 8.24. The van der Waals surface area contributed by atoms with E-state index in [1.54, 1.807) is 12.1 Å². The van der Waals surface area contributed by atoms with Gasteiger partial charge in [0.1, 0.15) is 5.75 Å². The van der Waals surface area contributed by atoms with Gasteiger partial charge in [-0.15, -0.1) is 0 Å². The first-order valence-electron chi connectivity index (χ1n) is 9.49. The number of esters is 1. The lowest BCUT2D eigenvalue weighted by atomic mass is 9.81. The zero-order valence-corrected chi connectivity index (χ0v) is 19.1. The second-order valence-corrected chi connectivity index (χ2v) is 9.77. The molecule has 10 heteroatoms. The largest absolute Gasteiger partial charge is 0.423 e. The van der Waals surface area contributed by atoms with Crippen molar-refractivity contribution < 1.29 is 24.0 Å². The highest BCUT2D eigenvalue weighted by atomic mass is 79.9. The molecule has 1 saturated heterocycles. The lowest BCUT2D eigenvalue weighted by Crippen LogP contribution is -2.34. The Morgan fingerprint density at radius 3 is 2.13 bits per heavy atom. The number of nitrogens with zero attached hydrogens (tertiary/aromatic N) is 2. The molecule has 1 aliphatic carbocycles. The molecule has 31 heavy (non-hydrogen) atoms. The highest BCUT2D eigenvalue weighted by Gasteiger charge is 2.52. The molecule has 0 aromatic heterocycles. The fraction of sp³-hybridized carbons (Fsp3) is 0.286. The Labute approximate surface area is 194 Å². The van der Waals surface area contributed by atoms with Crippen molar-refractivity contribution in [3.8, 4) is 5.75 Å². The van der Waals surface area contributed by atoms with Gasteiger partial charge in [-0.1, -0.05) is 37.9 Å². The van der Waals surface area contributed by atoms with Crippen molar-refractivity contribution in [3.63, 3.8) is 0 Å². The van der Waals surface area contributed by atoms with Crippen molar-refractivity contribution >= 4 is 61.0 Å². The van der Waals surface area contributed by atoms with E-state index in [0.717, 1.165) is 6.07 Å². The third-order valence-electron chi connectivity index (χ3n) is 5.51. The Hall–Kier alpha value is -2.59. The van der Waals surface area contributed by atoms with Crippen LogP contribution >= 0.6 is 31.9 Å². The Kier molecular flexibility index (Phi) is 5.94. The Morgan fingerprint density at radius 2 is 1.58 bits per heavy atom. The van der Waals surface area contributed by atoms with E-state index in [2.05, 4.69) is 31.9 Å². The maximum atomic E-state index is 12.9. The summed E-state index contributed by atoms with van der Waals surface area (Å²) in [5.41, 5.74) is 0.242. The molecule has 1 saturated carbocycles. The summed E-state index contributed by atoms with van der Waals surface area (Å²) >= 11 is 7.13. The first kappa shape index (κ1) is 21.6. The first-order valence-corrected chi connectivity index (χ1v) is 11.3. The molecule has 8 nitrogen and oxygen atoms in total. The quantitative estimate of drug-likeness (QED) is 0.140. The lowest BCUT2D eigenvalue weighted by Gasteiger charge is -2.29. The van der Waals surface area contributed by atoms with Crippen molar-refractivity contribution in [2.75, 3.05) is 4.90 Å². The van der Waals surface area contributed by atoms with Crippen LogP contribution in [0.15, 0.2) is 48.5 Å². The predicted octanol–water partition coefficient (Wildman–Crippen LogP) is 4.24. The molecule has 0 N–H and O–H groups in total. The maximum Gasteiger partial charge on any atom is 0.343 e. The molecule has 2 aliphatic rings. The molecule has 0 bridgehead atoms. The molecule has 0 unspecified atom stereocenters. The number of rotatable bonds is 4. The minimum Gasteiger partial charge on any atom is -0.423 e. The second-order valence-electron chi connectivity index (χ2n) is 7.42. The molecule has 2 amide bonds. The number of carbonyl (C=O) groups excluding carboxylic acids is 3. The monoisotopic (exact) mass is 550 g/mol. The molecule has 2 aromatic carbocycles. The van der Waals surface area contributed by atoms with E-state index in [1.807, 2.05) is 0 Å². The van der Waals surface area contributed by atoms with E-state index < -0.39 is 10.9 Å². The van der Waals surface area contributed by atoms with Gasteiger partial charge in [0.2, 0.25) is 11.8 Å². The summed E-state index contributed by atoms with van der Waals surface area (Å²) in [6.45, 7) is 0. The van der Waals surface area contributed by atoms with Crippen LogP contribution in [0.25, 0.3) is 0 Å². The van der Waals surface area contributed by atoms with Gasteiger partial charge in [-0.05, 0) is 43.2 Å². The van der Waals surface area contributed by atoms with Crippen molar-refractivity contribution in [3.05, 3.63) is 64.2 Å². The van der Waals surface area contributed by atoms with Crippen LogP contribution in [0.5, 0.6) is 5.75 Å². The van der Waals surface area contributed by atoms with Gasteiger partial charge in [0.15, 0.2) is 0 Å². The number of fused-ring (bicyclic) bond motifs is 1. The van der Waals surface area contributed by atoms with Gasteiger partial charge in [-0.3, -0.25) is 24.6 Å². The predicted molar refractivity (Wildman–Crippen MR) is 119 cm³/mol. The number of benzene rings is 2. The standard InChI is InChI=1S/C21H16Br2N2O6/c22-17-9-15-16(10-18(17)23)20(27)24(19(15)26)12-4-6-14(7-5-12)31-21(28)11-2-1-3-13(8-11)25(29)30/h1-8,15-18H,9-10H2/t15-,16-,17+,18+/m0/s1. The van der Waals surface area contributed by atoms with Gasteiger partial charge in [-0.25, -0.2) is 4.79 Å². The number of anilines is 1. The smallest absolute Gasteiger partial charge is 0.343 e. The summed E-state index contributed by atoms with van der Waals surface area (Å²) in [7, 11) is 0. The van der Waals surface area contributed by atoms with E-state index in [0.29, 0.717) is 18.5 Å². The highest BCUT2D eigenvalue weighted by molar-refractivity contribution is 9.12. The molecular weight excluding hydrogens is 536 g/mol. The topological polar surface area (TPSA) is 107 Å². The molecule has 160 valence electrons. The van der Waals surface area contributed by atoms with Crippen LogP contribution in [0.1, 0.15) is 23.2 Å². The molecular formula is C21H16Br2N2O6. The molecule has 4 rings (SSSR count). The van der Waals surface area contributed by atoms with E-state index in [1.165, 1.54) is 35.2 Å². The van der Waals surface area contributed by atoms with Gasteiger partial charge in [0.25, 0.3) is 5.69 Å². The Morgan fingerprint density at radius 1 is 1.00 bits per heavy atom. The number of ether oxygens (including phenoxy) is 1. The van der Waals surface area contributed by atoms with Gasteiger partial charge in [0, 0.05) is 21.8 Å². The molecule has 2 fully saturated rings. The zero-order valence-electron chi connectivity index (χ0n) is 15.9. The Balaban J connectivity index is 1.49. The molecule has 0 spiro atoms. The fourth-order valence-corrected chi connectivity index (χ4v) is 5.16. The van der Waals surface area contributed by atoms with Crippen LogP contribution in [-0.2, 0) is 9.59 Å².